The first-order chi connectivity index (χ1) is 15.7. The van der Waals surface area contributed by atoms with Crippen LogP contribution in [0.5, 0.6) is 0 Å². The summed E-state index contributed by atoms with van der Waals surface area (Å²) >= 11 is 0. The molecule has 2 rings (SSSR count). The fraction of sp³-hybridized carbons (Fsp3) is 0.522. The molecule has 0 aromatic heterocycles. The first kappa shape index (κ1) is 26.5. The van der Waals surface area contributed by atoms with E-state index in [1.165, 1.54) is 10.4 Å². The minimum atomic E-state index is -3.30. The number of nitrogens with zero attached hydrogens (tertiary/aromatic N) is 2. The number of hydrogen-bond acceptors (Lipinski definition) is 6. The largest absolute Gasteiger partial charge is 0.461 e. The Balaban J connectivity index is 1.92. The van der Waals surface area contributed by atoms with Crippen LogP contribution in [-0.4, -0.2) is 74.4 Å². The van der Waals surface area contributed by atoms with Crippen molar-refractivity contribution in [2.45, 2.75) is 32.3 Å². The lowest BCUT2D eigenvalue weighted by atomic mass is 9.96. The molecule has 0 spiro atoms. The van der Waals surface area contributed by atoms with Crippen molar-refractivity contribution >= 4 is 27.8 Å². The van der Waals surface area contributed by atoms with Crippen LogP contribution in [0.3, 0.4) is 0 Å². The van der Waals surface area contributed by atoms with Crippen LogP contribution in [0.4, 0.5) is 0 Å². The summed E-state index contributed by atoms with van der Waals surface area (Å²) in [5.41, 5.74) is 0.864. The number of nitrogens with one attached hydrogen (secondary N) is 1. The van der Waals surface area contributed by atoms with E-state index in [0.717, 1.165) is 11.8 Å². The van der Waals surface area contributed by atoms with E-state index >= 15 is 0 Å². The summed E-state index contributed by atoms with van der Waals surface area (Å²) in [6.07, 6.45) is 4.08. The van der Waals surface area contributed by atoms with Crippen molar-refractivity contribution in [3.05, 3.63) is 48.6 Å². The second-order valence-electron chi connectivity index (χ2n) is 8.03. The van der Waals surface area contributed by atoms with E-state index in [4.69, 9.17) is 4.74 Å². The highest BCUT2D eigenvalue weighted by Crippen LogP contribution is 2.19. The molecule has 1 aliphatic rings. The van der Waals surface area contributed by atoms with E-state index in [1.54, 1.807) is 4.90 Å². The summed E-state index contributed by atoms with van der Waals surface area (Å²) in [6.45, 7) is 5.05. The predicted molar refractivity (Wildman–Crippen MR) is 124 cm³/mol. The molecule has 9 nitrogen and oxygen atoms in total. The van der Waals surface area contributed by atoms with Crippen LogP contribution in [0.25, 0.3) is 0 Å². The average Bonchev–Trinajstić information content (AvgIpc) is 2.81. The Hall–Kier alpha value is -2.72. The van der Waals surface area contributed by atoms with Crippen LogP contribution < -0.4 is 5.32 Å². The van der Waals surface area contributed by atoms with Crippen molar-refractivity contribution in [3.63, 3.8) is 0 Å². The van der Waals surface area contributed by atoms with Gasteiger partial charge in [0.1, 0.15) is 6.61 Å². The lowest BCUT2D eigenvalue weighted by molar-refractivity contribution is -0.150. The maximum absolute atomic E-state index is 13.1. The molecule has 182 valence electrons. The average molecular weight is 480 g/mol. The first-order valence-corrected chi connectivity index (χ1v) is 12.9. The number of carbonyl (C=O) groups excluding carboxylic acids is 3. The van der Waals surface area contributed by atoms with E-state index in [9.17, 15) is 22.8 Å². The number of amides is 2. The number of carbonyl (C=O) groups is 3. The molecule has 1 N–H and O–H groups in total. The molecule has 1 aromatic rings. The molecule has 33 heavy (non-hydrogen) atoms. The lowest BCUT2D eigenvalue weighted by Gasteiger charge is -2.35. The molecule has 1 saturated heterocycles. The number of hydrogen-bond donors (Lipinski definition) is 1. The third-order valence-corrected chi connectivity index (χ3v) is 6.79. The SMILES string of the molecule is C=CC(=O)NCCCC[C@H](CC(=O)OCc1ccccc1)C(=O)N1CCN(S(C)(=O)=O)CC1. The molecule has 0 saturated carbocycles. The van der Waals surface area contributed by atoms with E-state index in [0.29, 0.717) is 25.8 Å². The topological polar surface area (TPSA) is 113 Å². The smallest absolute Gasteiger partial charge is 0.306 e. The van der Waals surface area contributed by atoms with Crippen molar-refractivity contribution < 1.29 is 27.5 Å². The molecule has 0 unspecified atom stereocenters. The highest BCUT2D eigenvalue weighted by molar-refractivity contribution is 7.88. The van der Waals surface area contributed by atoms with Gasteiger partial charge in [0.25, 0.3) is 0 Å². The zero-order chi connectivity index (χ0) is 24.3. The van der Waals surface area contributed by atoms with Crippen LogP contribution in [0.15, 0.2) is 43.0 Å². The maximum Gasteiger partial charge on any atom is 0.306 e. The number of sulfonamides is 1. The standard InChI is InChI=1S/C23H33N3O6S/c1-3-21(27)24-12-8-7-11-20(17-22(28)32-18-19-9-5-4-6-10-19)23(29)25-13-15-26(16-14-25)33(2,30)31/h3-6,9-10,20H,1,7-8,11-18H2,2H3,(H,24,27)/t20-/m1/s1. The first-order valence-electron chi connectivity index (χ1n) is 11.0. The van der Waals surface area contributed by atoms with Crippen molar-refractivity contribution in [1.29, 1.82) is 0 Å². The Kier molecular flexibility index (Phi) is 10.5. The highest BCUT2D eigenvalue weighted by atomic mass is 32.2. The molecule has 1 heterocycles. The van der Waals surface area contributed by atoms with Crippen molar-refractivity contribution in [3.8, 4) is 0 Å². The number of ether oxygens (including phenoxy) is 1. The summed E-state index contributed by atoms with van der Waals surface area (Å²) < 4.78 is 30.2. The Morgan fingerprint density at radius 3 is 2.39 bits per heavy atom. The van der Waals surface area contributed by atoms with Gasteiger partial charge in [-0.15, -0.1) is 0 Å². The molecular weight excluding hydrogens is 446 g/mol. The minimum absolute atomic E-state index is 0.0447. The van der Waals surface area contributed by atoms with Crippen molar-refractivity contribution in [2.24, 2.45) is 5.92 Å². The summed E-state index contributed by atoms with van der Waals surface area (Å²) in [5.74, 6) is -1.44. The molecule has 1 atom stereocenters. The molecule has 10 heteroatoms. The van der Waals surface area contributed by atoms with Gasteiger partial charge in [-0.2, -0.15) is 4.31 Å². The summed E-state index contributed by atoms with van der Waals surface area (Å²) in [7, 11) is -3.30. The van der Waals surface area contributed by atoms with Crippen molar-refractivity contribution in [1.82, 2.24) is 14.5 Å². The highest BCUT2D eigenvalue weighted by Gasteiger charge is 2.31. The van der Waals surface area contributed by atoms with Crippen LogP contribution in [-0.2, 0) is 35.8 Å². The van der Waals surface area contributed by atoms with Crippen LogP contribution in [0.2, 0.25) is 0 Å². The predicted octanol–water partition coefficient (Wildman–Crippen LogP) is 1.31. The molecule has 0 radical (unpaired) electrons. The van der Waals surface area contributed by atoms with E-state index in [1.807, 2.05) is 30.3 Å². The number of esters is 1. The zero-order valence-electron chi connectivity index (χ0n) is 19.1. The Labute approximate surface area is 195 Å². The molecule has 0 bridgehead atoms. The molecule has 2 amide bonds. The van der Waals surface area contributed by atoms with Gasteiger partial charge >= 0.3 is 5.97 Å². The number of benzene rings is 1. The van der Waals surface area contributed by atoms with Gasteiger partial charge in [-0.25, -0.2) is 8.42 Å². The van der Waals surface area contributed by atoms with Gasteiger partial charge in [0, 0.05) is 38.6 Å². The number of unbranched alkanes of at least 4 members (excludes halogenated alkanes) is 1. The quantitative estimate of drug-likeness (QED) is 0.275. The Morgan fingerprint density at radius 1 is 1.12 bits per heavy atom. The van der Waals surface area contributed by atoms with Crippen LogP contribution in [0, 0.1) is 5.92 Å². The summed E-state index contributed by atoms with van der Waals surface area (Å²) in [4.78, 5) is 38.5. The van der Waals surface area contributed by atoms with Crippen LogP contribution in [0.1, 0.15) is 31.2 Å². The Bertz CT molecular complexity index is 911. The fourth-order valence-electron chi connectivity index (χ4n) is 3.61. The van der Waals surface area contributed by atoms with E-state index in [2.05, 4.69) is 11.9 Å². The lowest BCUT2D eigenvalue weighted by Crippen LogP contribution is -2.51. The monoisotopic (exact) mass is 479 g/mol. The van der Waals surface area contributed by atoms with Gasteiger partial charge < -0.3 is 15.0 Å². The second-order valence-corrected chi connectivity index (χ2v) is 10.0. The number of rotatable bonds is 12. The molecule has 0 aliphatic carbocycles. The maximum atomic E-state index is 13.1. The van der Waals surface area contributed by atoms with E-state index < -0.39 is 21.9 Å². The molecule has 1 aromatic carbocycles. The number of piperazine rings is 1. The normalized spacial score (nSPS) is 15.5. The minimum Gasteiger partial charge on any atom is -0.461 e. The Morgan fingerprint density at radius 2 is 1.79 bits per heavy atom. The van der Waals surface area contributed by atoms with Gasteiger partial charge in [-0.05, 0) is 24.5 Å². The van der Waals surface area contributed by atoms with E-state index in [-0.39, 0.29) is 51.0 Å². The molecule has 1 aliphatic heterocycles. The van der Waals surface area contributed by atoms with Gasteiger partial charge in [0.15, 0.2) is 0 Å². The van der Waals surface area contributed by atoms with Gasteiger partial charge in [-0.1, -0.05) is 43.3 Å². The third kappa shape index (κ3) is 9.35. The summed E-state index contributed by atoms with van der Waals surface area (Å²) in [5, 5.41) is 2.69. The third-order valence-electron chi connectivity index (χ3n) is 5.49. The van der Waals surface area contributed by atoms with Gasteiger partial charge in [0.05, 0.1) is 12.7 Å². The van der Waals surface area contributed by atoms with Gasteiger partial charge in [-0.3, -0.25) is 14.4 Å². The fourth-order valence-corrected chi connectivity index (χ4v) is 4.44. The zero-order valence-corrected chi connectivity index (χ0v) is 19.9. The molecular formula is C23H33N3O6S. The summed E-state index contributed by atoms with van der Waals surface area (Å²) in [6, 6.07) is 9.30. The van der Waals surface area contributed by atoms with Crippen molar-refractivity contribution in [2.75, 3.05) is 39.0 Å². The van der Waals surface area contributed by atoms with Crippen LogP contribution >= 0.6 is 0 Å². The van der Waals surface area contributed by atoms with Gasteiger partial charge in [0.2, 0.25) is 21.8 Å². The molecule has 1 fully saturated rings. The second kappa shape index (κ2) is 13.1.